The highest BCUT2D eigenvalue weighted by molar-refractivity contribution is 7.10. The Balaban J connectivity index is 1.45. The van der Waals surface area contributed by atoms with Crippen molar-refractivity contribution in [3.05, 3.63) is 57.1 Å². The number of guanidine groups is 1. The lowest BCUT2D eigenvalue weighted by molar-refractivity contribution is -0.124. The highest BCUT2D eigenvalue weighted by Crippen LogP contribution is 2.35. The third kappa shape index (κ3) is 7.12. The number of nitrogens with zero attached hydrogens (tertiary/aromatic N) is 4. The molecule has 3 aromatic rings. The lowest BCUT2D eigenvalue weighted by Crippen LogP contribution is -2.33. The first-order chi connectivity index (χ1) is 19.2. The van der Waals surface area contributed by atoms with E-state index in [-0.39, 0.29) is 47.8 Å². The van der Waals surface area contributed by atoms with Crippen LogP contribution >= 0.6 is 22.9 Å². The van der Waals surface area contributed by atoms with Crippen LogP contribution in [0.1, 0.15) is 64.0 Å². The molecule has 212 valence electrons. The average Bonchev–Trinajstić information content (AvgIpc) is 3.57. The number of carbonyl (C=O) groups is 3. The standard InChI is InChI=1S/C27H33ClN8O3S/c1-32-24(38)15(4-2-3-7-33-27(30)31)10-23(37)21-14-40-25(35-21)22-11-19(29)13-36(22)26(39)16-5-6-20-17(8-16)9-18(28)12-34-20/h5-6,8-9,12,14-15,19,22H,2-4,7,10-11,13,29H2,1H3,(H,32,38)(H4,30,31,33)/t15-,19-,22+/m1/s1. The van der Waals surface area contributed by atoms with Crippen LogP contribution in [0.2, 0.25) is 5.02 Å². The molecule has 0 unspecified atom stereocenters. The van der Waals surface area contributed by atoms with E-state index < -0.39 is 5.92 Å². The van der Waals surface area contributed by atoms with Gasteiger partial charge in [-0.25, -0.2) is 4.98 Å². The molecule has 0 bridgehead atoms. The van der Waals surface area contributed by atoms with Gasteiger partial charge in [-0.3, -0.25) is 24.4 Å². The summed E-state index contributed by atoms with van der Waals surface area (Å²) in [6.07, 6.45) is 4.05. The molecule has 0 spiro atoms. The van der Waals surface area contributed by atoms with Gasteiger partial charge in [0.05, 0.1) is 16.6 Å². The topological polar surface area (TPSA) is 183 Å². The molecule has 11 nitrogen and oxygen atoms in total. The first kappa shape index (κ1) is 29.4. The number of hydrogen-bond acceptors (Lipinski definition) is 8. The highest BCUT2D eigenvalue weighted by atomic mass is 35.5. The van der Waals surface area contributed by atoms with Crippen LogP contribution in [0, 0.1) is 5.92 Å². The Labute approximate surface area is 241 Å². The molecule has 0 saturated carbocycles. The summed E-state index contributed by atoms with van der Waals surface area (Å²) in [7, 11) is 1.55. The molecule has 13 heteroatoms. The molecule has 1 aromatic carbocycles. The molecule has 7 N–H and O–H groups in total. The molecule has 3 heterocycles. The lowest BCUT2D eigenvalue weighted by Gasteiger charge is -2.23. The van der Waals surface area contributed by atoms with Gasteiger partial charge in [0.15, 0.2) is 11.7 Å². The van der Waals surface area contributed by atoms with Crippen LogP contribution in [-0.2, 0) is 4.79 Å². The molecule has 3 atom stereocenters. The second-order valence-electron chi connectivity index (χ2n) is 9.84. The predicted molar refractivity (Wildman–Crippen MR) is 156 cm³/mol. The normalized spacial score (nSPS) is 17.5. The van der Waals surface area contributed by atoms with Gasteiger partial charge in [0, 0.05) is 61.0 Å². The number of nitrogens with one attached hydrogen (secondary N) is 1. The van der Waals surface area contributed by atoms with E-state index in [9.17, 15) is 14.4 Å². The van der Waals surface area contributed by atoms with Crippen LogP contribution in [0.15, 0.2) is 40.8 Å². The number of rotatable bonds is 11. The van der Waals surface area contributed by atoms with Crippen LogP contribution in [0.4, 0.5) is 0 Å². The maximum Gasteiger partial charge on any atom is 0.254 e. The molecule has 1 aliphatic heterocycles. The Morgan fingerprint density at radius 3 is 2.80 bits per heavy atom. The zero-order valence-corrected chi connectivity index (χ0v) is 23.8. The van der Waals surface area contributed by atoms with Gasteiger partial charge in [-0.15, -0.1) is 11.3 Å². The Hall–Kier alpha value is -3.61. The Morgan fingerprint density at radius 2 is 2.05 bits per heavy atom. The summed E-state index contributed by atoms with van der Waals surface area (Å²) in [6.45, 7) is 0.839. The summed E-state index contributed by atoms with van der Waals surface area (Å²) in [5, 5.41) is 6.22. The highest BCUT2D eigenvalue weighted by Gasteiger charge is 2.37. The summed E-state index contributed by atoms with van der Waals surface area (Å²) in [6, 6.07) is 6.48. The fourth-order valence-corrected chi connectivity index (χ4v) is 5.98. The molecule has 1 fully saturated rings. The zero-order chi connectivity index (χ0) is 28.8. The van der Waals surface area contributed by atoms with Crippen molar-refractivity contribution in [2.75, 3.05) is 20.1 Å². The Kier molecular flexibility index (Phi) is 9.67. The van der Waals surface area contributed by atoms with Gasteiger partial charge in [0.25, 0.3) is 5.91 Å². The number of Topliss-reactive ketones (excluding diaryl/α,β-unsaturated/α-hetero) is 1. The first-order valence-corrected chi connectivity index (χ1v) is 14.3. The van der Waals surface area contributed by atoms with Crippen molar-refractivity contribution in [1.82, 2.24) is 20.2 Å². The van der Waals surface area contributed by atoms with Crippen molar-refractivity contribution in [3.63, 3.8) is 0 Å². The van der Waals surface area contributed by atoms with Crippen LogP contribution in [0.5, 0.6) is 0 Å². The monoisotopic (exact) mass is 584 g/mol. The molecule has 0 radical (unpaired) electrons. The molecule has 0 aliphatic carbocycles. The zero-order valence-electron chi connectivity index (χ0n) is 22.2. The quantitative estimate of drug-likeness (QED) is 0.115. The van der Waals surface area contributed by atoms with E-state index in [0.29, 0.717) is 54.4 Å². The summed E-state index contributed by atoms with van der Waals surface area (Å²) in [4.78, 5) is 53.6. The van der Waals surface area contributed by atoms with Crippen molar-refractivity contribution in [2.24, 2.45) is 28.1 Å². The molecule has 2 amide bonds. The molecule has 2 aromatic heterocycles. The van der Waals surface area contributed by atoms with Crippen LogP contribution in [-0.4, -0.2) is 64.6 Å². The third-order valence-electron chi connectivity index (χ3n) is 6.89. The Morgan fingerprint density at radius 1 is 1.25 bits per heavy atom. The third-order valence-corrected chi connectivity index (χ3v) is 8.04. The largest absolute Gasteiger partial charge is 0.370 e. The second kappa shape index (κ2) is 13.2. The summed E-state index contributed by atoms with van der Waals surface area (Å²) < 4.78 is 0. The number of likely N-dealkylation sites (tertiary alicyclic amines) is 1. The smallest absolute Gasteiger partial charge is 0.254 e. The van der Waals surface area contributed by atoms with E-state index in [1.54, 1.807) is 47.8 Å². The number of hydrogen-bond donors (Lipinski definition) is 4. The summed E-state index contributed by atoms with van der Waals surface area (Å²) in [5.74, 6) is -1.06. The number of carbonyl (C=O) groups excluding carboxylic acids is 3. The average molecular weight is 585 g/mol. The van der Waals surface area contributed by atoms with Gasteiger partial charge < -0.3 is 27.4 Å². The summed E-state index contributed by atoms with van der Waals surface area (Å²) in [5.41, 5.74) is 18.5. The number of pyridine rings is 1. The second-order valence-corrected chi connectivity index (χ2v) is 11.2. The van der Waals surface area contributed by atoms with Crippen LogP contribution < -0.4 is 22.5 Å². The molecule has 1 saturated heterocycles. The van der Waals surface area contributed by atoms with Gasteiger partial charge in [0.1, 0.15) is 10.7 Å². The van der Waals surface area contributed by atoms with Crippen LogP contribution in [0.3, 0.4) is 0 Å². The number of nitrogens with two attached hydrogens (primary N) is 3. The number of aliphatic imine (C=N–C) groups is 1. The summed E-state index contributed by atoms with van der Waals surface area (Å²) >= 11 is 7.41. The van der Waals surface area contributed by atoms with Crippen molar-refractivity contribution >= 4 is 57.4 Å². The number of benzene rings is 1. The van der Waals surface area contributed by atoms with Crippen molar-refractivity contribution in [1.29, 1.82) is 0 Å². The van der Waals surface area contributed by atoms with E-state index in [2.05, 4.69) is 20.3 Å². The van der Waals surface area contributed by atoms with E-state index in [4.69, 9.17) is 28.8 Å². The number of halogens is 1. The van der Waals surface area contributed by atoms with E-state index in [0.717, 1.165) is 10.9 Å². The minimum Gasteiger partial charge on any atom is -0.370 e. The van der Waals surface area contributed by atoms with Gasteiger partial charge in [-0.1, -0.05) is 18.0 Å². The molecular weight excluding hydrogens is 552 g/mol. The van der Waals surface area contributed by atoms with Gasteiger partial charge >= 0.3 is 0 Å². The number of thiazole rings is 1. The number of ketones is 1. The van der Waals surface area contributed by atoms with Gasteiger partial charge in [-0.2, -0.15) is 0 Å². The fourth-order valence-electron chi connectivity index (χ4n) is 4.87. The number of fused-ring (bicyclic) bond motifs is 1. The minimum atomic E-state index is -0.490. The van der Waals surface area contributed by atoms with Crippen molar-refractivity contribution in [3.8, 4) is 0 Å². The van der Waals surface area contributed by atoms with E-state index in [1.165, 1.54) is 11.3 Å². The maximum atomic E-state index is 13.5. The fraction of sp³-hybridized carbons (Fsp3) is 0.407. The molecule has 40 heavy (non-hydrogen) atoms. The lowest BCUT2D eigenvalue weighted by atomic mass is 9.94. The Bertz CT molecular complexity index is 1420. The predicted octanol–water partition coefficient (Wildman–Crippen LogP) is 2.64. The van der Waals surface area contributed by atoms with E-state index >= 15 is 0 Å². The van der Waals surface area contributed by atoms with Crippen molar-refractivity contribution in [2.45, 2.75) is 44.2 Å². The van der Waals surface area contributed by atoms with Gasteiger partial charge in [0.2, 0.25) is 5.91 Å². The number of aromatic nitrogens is 2. The van der Waals surface area contributed by atoms with Crippen LogP contribution in [0.25, 0.3) is 10.9 Å². The molecular formula is C27H33ClN8O3S. The van der Waals surface area contributed by atoms with Gasteiger partial charge in [-0.05, 0) is 43.5 Å². The molecule has 4 rings (SSSR count). The van der Waals surface area contributed by atoms with Crippen molar-refractivity contribution < 1.29 is 14.4 Å². The first-order valence-electron chi connectivity index (χ1n) is 13.0. The minimum absolute atomic E-state index is 0.0281. The SMILES string of the molecule is CNC(=O)[C@H](CCCCN=C(N)N)CC(=O)c1csc([C@@H]2C[C@@H](N)CN2C(=O)c2ccc3ncc(Cl)cc3c2)n1. The number of amides is 2. The maximum absolute atomic E-state index is 13.5. The molecule has 1 aliphatic rings. The number of unbranched alkanes of at least 4 members (excludes halogenated alkanes) is 1. The van der Waals surface area contributed by atoms with E-state index in [1.807, 2.05) is 0 Å².